The minimum Gasteiger partial charge on any atom is -0.310 e. The van der Waals surface area contributed by atoms with Crippen molar-refractivity contribution >= 4 is 0 Å². The predicted molar refractivity (Wildman–Crippen MR) is 83.1 cm³/mol. The van der Waals surface area contributed by atoms with Gasteiger partial charge in [0, 0.05) is 12.6 Å². The quantitative estimate of drug-likeness (QED) is 0.842. The Kier molecular flexibility index (Phi) is 5.20. The van der Waals surface area contributed by atoms with Crippen molar-refractivity contribution in [3.05, 3.63) is 35.1 Å². The Morgan fingerprint density at radius 1 is 1.30 bits per heavy atom. The number of hydrogen-bond donors (Lipinski definition) is 1. The van der Waals surface area contributed by atoms with E-state index in [-0.39, 0.29) is 5.82 Å². The summed E-state index contributed by atoms with van der Waals surface area (Å²) in [6.07, 6.45) is 3.96. The molecule has 0 heterocycles. The lowest BCUT2D eigenvalue weighted by Gasteiger charge is -2.38. The highest BCUT2D eigenvalue weighted by Gasteiger charge is 2.30. The van der Waals surface area contributed by atoms with Crippen LogP contribution in [0.15, 0.2) is 18.2 Å². The van der Waals surface area contributed by atoms with Gasteiger partial charge >= 0.3 is 0 Å². The largest absolute Gasteiger partial charge is 0.310 e. The van der Waals surface area contributed by atoms with E-state index in [4.69, 9.17) is 0 Å². The number of benzene rings is 1. The minimum atomic E-state index is -0.111. The SMILES string of the molecule is Cc1cc(CNC2CC(C)CCC2C(C)C)ccc1F. The molecule has 1 nitrogen and oxygen atoms in total. The number of rotatable bonds is 4. The first-order valence-corrected chi connectivity index (χ1v) is 7.95. The van der Waals surface area contributed by atoms with Crippen LogP contribution in [0.4, 0.5) is 4.39 Å². The van der Waals surface area contributed by atoms with E-state index in [9.17, 15) is 4.39 Å². The number of hydrogen-bond acceptors (Lipinski definition) is 1. The normalized spacial score (nSPS) is 27.0. The molecule has 1 aliphatic carbocycles. The first kappa shape index (κ1) is 15.5. The van der Waals surface area contributed by atoms with Crippen molar-refractivity contribution in [1.29, 1.82) is 0 Å². The van der Waals surface area contributed by atoms with Crippen LogP contribution in [-0.2, 0) is 6.54 Å². The maximum Gasteiger partial charge on any atom is 0.126 e. The average molecular weight is 277 g/mol. The fourth-order valence-corrected chi connectivity index (χ4v) is 3.50. The molecule has 112 valence electrons. The summed E-state index contributed by atoms with van der Waals surface area (Å²) >= 11 is 0. The lowest BCUT2D eigenvalue weighted by Crippen LogP contribution is -2.42. The van der Waals surface area contributed by atoms with Crippen molar-refractivity contribution in [1.82, 2.24) is 5.32 Å². The van der Waals surface area contributed by atoms with Crippen molar-refractivity contribution < 1.29 is 4.39 Å². The van der Waals surface area contributed by atoms with Gasteiger partial charge in [-0.15, -0.1) is 0 Å². The van der Waals surface area contributed by atoms with Gasteiger partial charge in [-0.2, -0.15) is 0 Å². The van der Waals surface area contributed by atoms with Crippen LogP contribution in [0.1, 0.15) is 51.2 Å². The van der Waals surface area contributed by atoms with Gasteiger partial charge in [0.05, 0.1) is 0 Å². The van der Waals surface area contributed by atoms with Gasteiger partial charge in [-0.25, -0.2) is 4.39 Å². The standard InChI is InChI=1S/C18H28FN/c1-12(2)16-7-5-13(3)9-18(16)20-11-15-6-8-17(19)14(4)10-15/h6,8,10,12-13,16,18,20H,5,7,9,11H2,1-4H3. The van der Waals surface area contributed by atoms with Crippen LogP contribution < -0.4 is 5.32 Å². The molecule has 1 aliphatic rings. The molecule has 3 unspecified atom stereocenters. The molecule has 0 saturated heterocycles. The Labute approximate surface area is 123 Å². The van der Waals surface area contributed by atoms with Crippen LogP contribution in [0, 0.1) is 30.5 Å². The summed E-state index contributed by atoms with van der Waals surface area (Å²) in [4.78, 5) is 0. The molecule has 0 amide bonds. The summed E-state index contributed by atoms with van der Waals surface area (Å²) in [5.74, 6) is 2.21. The van der Waals surface area contributed by atoms with E-state index in [0.717, 1.165) is 29.9 Å². The smallest absolute Gasteiger partial charge is 0.126 e. The minimum absolute atomic E-state index is 0.111. The number of halogens is 1. The zero-order valence-electron chi connectivity index (χ0n) is 13.2. The molecule has 1 aromatic rings. The second-order valence-corrected chi connectivity index (χ2v) is 6.90. The summed E-state index contributed by atoms with van der Waals surface area (Å²) in [5.41, 5.74) is 1.92. The van der Waals surface area contributed by atoms with Crippen LogP contribution in [0.5, 0.6) is 0 Å². The Hall–Kier alpha value is -0.890. The van der Waals surface area contributed by atoms with Crippen molar-refractivity contribution in [2.24, 2.45) is 17.8 Å². The third-order valence-corrected chi connectivity index (χ3v) is 4.81. The van der Waals surface area contributed by atoms with Gasteiger partial charge in [0.15, 0.2) is 0 Å². The monoisotopic (exact) mass is 277 g/mol. The second kappa shape index (κ2) is 6.71. The number of nitrogens with one attached hydrogen (secondary N) is 1. The molecule has 1 N–H and O–H groups in total. The Bertz CT molecular complexity index is 441. The van der Waals surface area contributed by atoms with Gasteiger partial charge < -0.3 is 5.32 Å². The Balaban J connectivity index is 1.98. The number of aryl methyl sites for hydroxylation is 1. The Morgan fingerprint density at radius 2 is 2.05 bits per heavy atom. The van der Waals surface area contributed by atoms with Crippen molar-refractivity contribution in [3.8, 4) is 0 Å². The maximum absolute atomic E-state index is 13.3. The summed E-state index contributed by atoms with van der Waals surface area (Å²) < 4.78 is 13.3. The van der Waals surface area contributed by atoms with E-state index in [1.807, 2.05) is 19.1 Å². The molecule has 2 heteroatoms. The van der Waals surface area contributed by atoms with E-state index < -0.39 is 0 Å². The molecule has 0 aliphatic heterocycles. The molecule has 0 aromatic heterocycles. The summed E-state index contributed by atoms with van der Waals surface area (Å²) in [6.45, 7) is 9.70. The molecule has 0 spiro atoms. The first-order chi connectivity index (χ1) is 9.47. The summed E-state index contributed by atoms with van der Waals surface area (Å²) in [6, 6.07) is 6.03. The van der Waals surface area contributed by atoms with Gasteiger partial charge in [-0.3, -0.25) is 0 Å². The average Bonchev–Trinajstić information content (AvgIpc) is 2.40. The molecule has 2 rings (SSSR count). The van der Waals surface area contributed by atoms with Crippen LogP contribution >= 0.6 is 0 Å². The van der Waals surface area contributed by atoms with E-state index in [1.54, 1.807) is 6.07 Å². The van der Waals surface area contributed by atoms with Gasteiger partial charge in [0.2, 0.25) is 0 Å². The fourth-order valence-electron chi connectivity index (χ4n) is 3.50. The van der Waals surface area contributed by atoms with Gasteiger partial charge in [-0.1, -0.05) is 39.3 Å². The third kappa shape index (κ3) is 3.82. The highest BCUT2D eigenvalue weighted by molar-refractivity contribution is 5.23. The van der Waals surface area contributed by atoms with Crippen LogP contribution in [0.2, 0.25) is 0 Å². The van der Waals surface area contributed by atoms with Gasteiger partial charge in [-0.05, 0) is 54.7 Å². The topological polar surface area (TPSA) is 12.0 Å². The Morgan fingerprint density at radius 3 is 2.70 bits per heavy atom. The van der Waals surface area contributed by atoms with E-state index in [2.05, 4.69) is 26.1 Å². The van der Waals surface area contributed by atoms with Crippen LogP contribution in [0.3, 0.4) is 0 Å². The molecule has 1 saturated carbocycles. The van der Waals surface area contributed by atoms with E-state index >= 15 is 0 Å². The lowest BCUT2D eigenvalue weighted by atomic mass is 9.74. The molecule has 0 bridgehead atoms. The van der Waals surface area contributed by atoms with Crippen LogP contribution in [0.25, 0.3) is 0 Å². The molecule has 0 radical (unpaired) electrons. The zero-order valence-corrected chi connectivity index (χ0v) is 13.2. The highest BCUT2D eigenvalue weighted by atomic mass is 19.1. The molecular formula is C18H28FN. The molecule has 20 heavy (non-hydrogen) atoms. The van der Waals surface area contributed by atoms with Crippen molar-refractivity contribution in [3.63, 3.8) is 0 Å². The fraction of sp³-hybridized carbons (Fsp3) is 0.667. The first-order valence-electron chi connectivity index (χ1n) is 7.95. The second-order valence-electron chi connectivity index (χ2n) is 6.90. The molecule has 1 fully saturated rings. The van der Waals surface area contributed by atoms with Gasteiger partial charge in [0.1, 0.15) is 5.82 Å². The van der Waals surface area contributed by atoms with E-state index in [0.29, 0.717) is 6.04 Å². The highest BCUT2D eigenvalue weighted by Crippen LogP contribution is 2.33. The summed E-state index contributed by atoms with van der Waals surface area (Å²) in [5, 5.41) is 3.72. The van der Waals surface area contributed by atoms with Crippen molar-refractivity contribution in [2.45, 2.75) is 59.5 Å². The molecular weight excluding hydrogens is 249 g/mol. The molecule has 3 atom stereocenters. The maximum atomic E-state index is 13.3. The lowest BCUT2D eigenvalue weighted by molar-refractivity contribution is 0.169. The van der Waals surface area contributed by atoms with Crippen LogP contribution in [-0.4, -0.2) is 6.04 Å². The van der Waals surface area contributed by atoms with Crippen molar-refractivity contribution in [2.75, 3.05) is 0 Å². The molecule has 1 aromatic carbocycles. The van der Waals surface area contributed by atoms with E-state index in [1.165, 1.54) is 24.8 Å². The predicted octanol–water partition coefficient (Wildman–Crippen LogP) is 4.68. The summed E-state index contributed by atoms with van der Waals surface area (Å²) in [7, 11) is 0. The third-order valence-electron chi connectivity index (χ3n) is 4.81. The van der Waals surface area contributed by atoms with Gasteiger partial charge in [0.25, 0.3) is 0 Å². The zero-order chi connectivity index (χ0) is 14.7.